The molecule has 21 heavy (non-hydrogen) atoms. The first-order chi connectivity index (χ1) is 10.2. The van der Waals surface area contributed by atoms with Crippen molar-refractivity contribution in [1.82, 2.24) is 5.32 Å². The van der Waals surface area contributed by atoms with Gasteiger partial charge in [0.25, 0.3) is 0 Å². The van der Waals surface area contributed by atoms with Crippen LogP contribution in [0.25, 0.3) is 0 Å². The topological polar surface area (TPSA) is 39.7 Å². The second-order valence-electron chi connectivity index (χ2n) is 4.30. The summed E-state index contributed by atoms with van der Waals surface area (Å²) in [7, 11) is 4.75. The van der Waals surface area contributed by atoms with Crippen molar-refractivity contribution in [2.45, 2.75) is 13.1 Å². The van der Waals surface area contributed by atoms with Crippen LogP contribution in [0.4, 0.5) is 4.39 Å². The minimum absolute atomic E-state index is 0.171. The lowest BCUT2D eigenvalue weighted by atomic mass is 10.1. The van der Waals surface area contributed by atoms with Crippen LogP contribution in [-0.4, -0.2) is 21.3 Å². The lowest BCUT2D eigenvalue weighted by Crippen LogP contribution is -2.13. The van der Waals surface area contributed by atoms with E-state index in [1.807, 2.05) is 12.1 Å². The molecule has 1 aromatic heterocycles. The third-order valence-corrected chi connectivity index (χ3v) is 3.90. The molecule has 0 saturated carbocycles. The van der Waals surface area contributed by atoms with Crippen molar-refractivity contribution in [1.29, 1.82) is 0 Å². The van der Waals surface area contributed by atoms with E-state index in [9.17, 15) is 4.39 Å². The van der Waals surface area contributed by atoms with Crippen molar-refractivity contribution < 1.29 is 18.6 Å². The quantitative estimate of drug-likeness (QED) is 0.852. The van der Waals surface area contributed by atoms with E-state index in [-0.39, 0.29) is 5.13 Å². The van der Waals surface area contributed by atoms with E-state index in [1.54, 1.807) is 27.4 Å². The summed E-state index contributed by atoms with van der Waals surface area (Å²) in [6.07, 6.45) is 0. The third-order valence-electron chi connectivity index (χ3n) is 3.03. The van der Waals surface area contributed by atoms with Crippen LogP contribution in [0.15, 0.2) is 24.3 Å². The summed E-state index contributed by atoms with van der Waals surface area (Å²) in [6, 6.07) is 7.00. The molecule has 0 amide bonds. The minimum atomic E-state index is -0.171. The summed E-state index contributed by atoms with van der Waals surface area (Å²) < 4.78 is 28.9. The lowest BCUT2D eigenvalue weighted by molar-refractivity contribution is 0.321. The van der Waals surface area contributed by atoms with Gasteiger partial charge in [-0.2, -0.15) is 4.39 Å². The Morgan fingerprint density at radius 2 is 1.71 bits per heavy atom. The zero-order chi connectivity index (χ0) is 15.2. The molecule has 6 heteroatoms. The molecule has 2 rings (SSSR count). The fourth-order valence-electron chi connectivity index (χ4n) is 2.07. The number of hydrogen-bond donors (Lipinski definition) is 1. The van der Waals surface area contributed by atoms with Gasteiger partial charge in [-0.25, -0.2) is 0 Å². The average molecular weight is 311 g/mol. The van der Waals surface area contributed by atoms with Crippen molar-refractivity contribution in [3.63, 3.8) is 0 Å². The summed E-state index contributed by atoms with van der Waals surface area (Å²) in [5, 5.41) is 3.09. The zero-order valence-corrected chi connectivity index (χ0v) is 13.1. The molecule has 0 saturated heterocycles. The number of halogens is 1. The molecule has 0 radical (unpaired) electrons. The maximum absolute atomic E-state index is 12.9. The maximum atomic E-state index is 12.9. The van der Waals surface area contributed by atoms with E-state index in [0.29, 0.717) is 30.3 Å². The largest absolute Gasteiger partial charge is 0.493 e. The Morgan fingerprint density at radius 3 is 2.29 bits per heavy atom. The molecule has 0 spiro atoms. The van der Waals surface area contributed by atoms with E-state index < -0.39 is 0 Å². The van der Waals surface area contributed by atoms with E-state index in [1.165, 1.54) is 6.07 Å². The predicted octanol–water partition coefficient (Wildman–Crippen LogP) is 3.20. The summed E-state index contributed by atoms with van der Waals surface area (Å²) in [4.78, 5) is 0.951. The third kappa shape index (κ3) is 3.65. The molecule has 114 valence electrons. The first-order valence-corrected chi connectivity index (χ1v) is 7.24. The molecule has 0 aliphatic rings. The molecule has 1 aromatic carbocycles. The summed E-state index contributed by atoms with van der Waals surface area (Å²) in [6.45, 7) is 1.19. The van der Waals surface area contributed by atoms with Gasteiger partial charge in [0.15, 0.2) is 16.6 Å². The number of benzene rings is 1. The van der Waals surface area contributed by atoms with Crippen LogP contribution in [0.2, 0.25) is 0 Å². The summed E-state index contributed by atoms with van der Waals surface area (Å²) in [5.41, 5.74) is 0.951. The molecule has 1 N–H and O–H groups in total. The van der Waals surface area contributed by atoms with Crippen LogP contribution in [-0.2, 0) is 13.1 Å². The number of hydrogen-bond acceptors (Lipinski definition) is 5. The second-order valence-corrected chi connectivity index (χ2v) is 5.42. The van der Waals surface area contributed by atoms with Crippen molar-refractivity contribution >= 4 is 11.3 Å². The Labute approximate surface area is 127 Å². The average Bonchev–Trinajstić information content (AvgIpc) is 2.91. The first-order valence-electron chi connectivity index (χ1n) is 6.42. The van der Waals surface area contributed by atoms with Crippen molar-refractivity contribution in [2.75, 3.05) is 21.3 Å². The highest BCUT2D eigenvalue weighted by atomic mass is 32.1. The fourth-order valence-corrected chi connectivity index (χ4v) is 2.77. The molecule has 0 bridgehead atoms. The van der Waals surface area contributed by atoms with Gasteiger partial charge in [-0.1, -0.05) is 6.07 Å². The van der Waals surface area contributed by atoms with Crippen LogP contribution in [0.5, 0.6) is 17.2 Å². The number of nitrogens with one attached hydrogen (secondary N) is 1. The lowest BCUT2D eigenvalue weighted by Gasteiger charge is -2.16. The van der Waals surface area contributed by atoms with Gasteiger partial charge in [-0.15, -0.1) is 11.3 Å². The first kappa shape index (κ1) is 15.6. The Kier molecular flexibility index (Phi) is 5.41. The Bertz CT molecular complexity index is 601. The zero-order valence-electron chi connectivity index (χ0n) is 12.2. The number of methoxy groups -OCH3 is 3. The summed E-state index contributed by atoms with van der Waals surface area (Å²) in [5.74, 6) is 1.83. The van der Waals surface area contributed by atoms with Crippen molar-refractivity contribution in [3.05, 3.63) is 39.8 Å². The Balaban J connectivity index is 2.08. The Morgan fingerprint density at radius 1 is 0.952 bits per heavy atom. The standard InChI is InChI=1S/C15H18FNO3S/c1-18-12-6-4-10(14(19-2)15(12)20-3)8-17-9-11-5-7-13(16)21-11/h4-7,17H,8-9H2,1-3H3. The molecular weight excluding hydrogens is 293 g/mol. The van der Waals surface area contributed by atoms with Crippen LogP contribution in [0.1, 0.15) is 10.4 Å². The van der Waals surface area contributed by atoms with Crippen molar-refractivity contribution in [3.8, 4) is 17.2 Å². The SMILES string of the molecule is COc1ccc(CNCc2ccc(F)s2)c(OC)c1OC. The highest BCUT2D eigenvalue weighted by molar-refractivity contribution is 7.10. The van der Waals surface area contributed by atoms with Crippen LogP contribution in [0, 0.1) is 5.13 Å². The second kappa shape index (κ2) is 7.28. The van der Waals surface area contributed by atoms with Gasteiger partial charge in [0.2, 0.25) is 5.75 Å². The molecule has 4 nitrogen and oxygen atoms in total. The van der Waals surface area contributed by atoms with Gasteiger partial charge in [0.05, 0.1) is 21.3 Å². The highest BCUT2D eigenvalue weighted by Gasteiger charge is 2.15. The van der Waals surface area contributed by atoms with Gasteiger partial charge < -0.3 is 19.5 Å². The van der Waals surface area contributed by atoms with Crippen molar-refractivity contribution in [2.24, 2.45) is 0 Å². The van der Waals surface area contributed by atoms with Gasteiger partial charge in [-0.05, 0) is 18.2 Å². The van der Waals surface area contributed by atoms with Gasteiger partial charge in [0.1, 0.15) is 0 Å². The number of thiophene rings is 1. The fraction of sp³-hybridized carbons (Fsp3) is 0.333. The number of ether oxygens (including phenoxy) is 3. The predicted molar refractivity (Wildman–Crippen MR) is 80.9 cm³/mol. The Hall–Kier alpha value is -1.79. The monoisotopic (exact) mass is 311 g/mol. The number of rotatable bonds is 7. The molecule has 0 fully saturated rings. The maximum Gasteiger partial charge on any atom is 0.203 e. The van der Waals surface area contributed by atoms with E-state index in [2.05, 4.69) is 5.32 Å². The van der Waals surface area contributed by atoms with Crippen LogP contribution >= 0.6 is 11.3 Å². The molecule has 0 aliphatic heterocycles. The molecular formula is C15H18FNO3S. The molecule has 1 heterocycles. The summed E-state index contributed by atoms with van der Waals surface area (Å²) >= 11 is 1.14. The van der Waals surface area contributed by atoms with E-state index >= 15 is 0 Å². The van der Waals surface area contributed by atoms with Gasteiger partial charge >= 0.3 is 0 Å². The minimum Gasteiger partial charge on any atom is -0.493 e. The smallest absolute Gasteiger partial charge is 0.203 e. The van der Waals surface area contributed by atoms with Crippen LogP contribution < -0.4 is 19.5 Å². The van der Waals surface area contributed by atoms with E-state index in [0.717, 1.165) is 21.8 Å². The normalized spacial score (nSPS) is 10.5. The van der Waals surface area contributed by atoms with Crippen LogP contribution in [0.3, 0.4) is 0 Å². The van der Waals surface area contributed by atoms with Gasteiger partial charge in [0, 0.05) is 23.5 Å². The molecule has 0 atom stereocenters. The molecule has 0 unspecified atom stereocenters. The molecule has 2 aromatic rings. The highest BCUT2D eigenvalue weighted by Crippen LogP contribution is 2.39. The van der Waals surface area contributed by atoms with Gasteiger partial charge in [-0.3, -0.25) is 0 Å². The molecule has 0 aliphatic carbocycles. The van der Waals surface area contributed by atoms with E-state index in [4.69, 9.17) is 14.2 Å².